The third-order valence-electron chi connectivity index (χ3n) is 1.28. The largest absolute Gasteiger partial charge is 0.468 e. The molecule has 2 N–H and O–H groups in total. The molecule has 0 fully saturated rings. The van der Waals surface area contributed by atoms with E-state index < -0.39 is 12.0 Å². The number of esters is 1. The van der Waals surface area contributed by atoms with E-state index in [-0.39, 0.29) is 12.2 Å². The Morgan fingerprint density at radius 1 is 1.58 bits per heavy atom. The summed E-state index contributed by atoms with van der Waals surface area (Å²) in [6.45, 7) is 1.72. The molecule has 0 amide bonds. The van der Waals surface area contributed by atoms with Crippen LogP contribution < -0.4 is 5.73 Å². The first-order chi connectivity index (χ1) is 5.61. The van der Waals surface area contributed by atoms with E-state index in [4.69, 9.17) is 5.73 Å². The Labute approximate surface area is 71.4 Å². The summed E-state index contributed by atoms with van der Waals surface area (Å²) in [5.74, 6) is -0.733. The molecule has 0 aromatic carbocycles. The number of carbonyl (C=O) groups is 2. The van der Waals surface area contributed by atoms with Crippen molar-refractivity contribution in [2.75, 3.05) is 7.11 Å². The number of ether oxygens (including phenoxy) is 1. The molecule has 0 rings (SSSR count). The van der Waals surface area contributed by atoms with E-state index in [0.29, 0.717) is 0 Å². The quantitative estimate of drug-likeness (QED) is 0.478. The van der Waals surface area contributed by atoms with Crippen molar-refractivity contribution in [3.05, 3.63) is 12.2 Å². The highest BCUT2D eigenvalue weighted by Crippen LogP contribution is 1.93. The molecule has 0 radical (unpaired) electrons. The van der Waals surface area contributed by atoms with Crippen LogP contribution in [0.3, 0.4) is 0 Å². The van der Waals surface area contributed by atoms with Gasteiger partial charge in [0.25, 0.3) is 0 Å². The van der Waals surface area contributed by atoms with Gasteiger partial charge in [0, 0.05) is 6.42 Å². The highest BCUT2D eigenvalue weighted by molar-refractivity contribution is 5.93. The second-order valence-electron chi connectivity index (χ2n) is 2.30. The van der Waals surface area contributed by atoms with E-state index in [9.17, 15) is 9.59 Å². The van der Waals surface area contributed by atoms with E-state index >= 15 is 0 Å². The van der Waals surface area contributed by atoms with Crippen LogP contribution in [-0.2, 0) is 14.3 Å². The lowest BCUT2D eigenvalue weighted by atomic mass is 10.1. The highest BCUT2D eigenvalue weighted by Gasteiger charge is 2.15. The molecular weight excluding hydrogens is 158 g/mol. The molecule has 1 atom stereocenters. The summed E-state index contributed by atoms with van der Waals surface area (Å²) in [4.78, 5) is 21.6. The molecule has 0 spiro atoms. The van der Waals surface area contributed by atoms with Crippen LogP contribution in [0.15, 0.2) is 12.2 Å². The molecule has 0 heterocycles. The second kappa shape index (κ2) is 5.49. The zero-order chi connectivity index (χ0) is 9.56. The predicted molar refractivity (Wildman–Crippen MR) is 44.4 cm³/mol. The molecule has 0 aromatic heterocycles. The Morgan fingerprint density at radius 2 is 2.17 bits per heavy atom. The van der Waals surface area contributed by atoms with Crippen molar-refractivity contribution in [2.45, 2.75) is 19.4 Å². The SMILES string of the molecule is CC=CC(=O)CC(N)C(=O)OC. The molecule has 0 bridgehead atoms. The Balaban J connectivity index is 3.92. The van der Waals surface area contributed by atoms with Crippen LogP contribution in [0.4, 0.5) is 0 Å². The van der Waals surface area contributed by atoms with E-state index in [1.807, 2.05) is 0 Å². The standard InChI is InChI=1S/C8H13NO3/c1-3-4-6(10)5-7(9)8(11)12-2/h3-4,7H,5,9H2,1-2H3. The van der Waals surface area contributed by atoms with Gasteiger partial charge in [-0.3, -0.25) is 9.59 Å². The Kier molecular flexibility index (Phi) is 4.96. The first-order valence-electron chi connectivity index (χ1n) is 3.60. The lowest BCUT2D eigenvalue weighted by molar-refractivity contribution is -0.143. The number of nitrogens with two attached hydrogens (primary N) is 1. The van der Waals surface area contributed by atoms with Gasteiger partial charge in [-0.1, -0.05) is 6.08 Å². The van der Waals surface area contributed by atoms with Crippen molar-refractivity contribution in [1.29, 1.82) is 0 Å². The number of ketones is 1. The maximum atomic E-state index is 10.9. The topological polar surface area (TPSA) is 69.4 Å². The normalized spacial score (nSPS) is 12.9. The minimum atomic E-state index is -0.848. The van der Waals surface area contributed by atoms with Crippen molar-refractivity contribution in [3.8, 4) is 0 Å². The van der Waals surface area contributed by atoms with Crippen LogP contribution >= 0.6 is 0 Å². The third-order valence-corrected chi connectivity index (χ3v) is 1.28. The molecule has 0 aromatic rings. The van der Waals surface area contributed by atoms with Crippen molar-refractivity contribution >= 4 is 11.8 Å². The predicted octanol–water partition coefficient (Wildman–Crippen LogP) is 0.0220. The van der Waals surface area contributed by atoms with Crippen LogP contribution in [0.5, 0.6) is 0 Å². The minimum Gasteiger partial charge on any atom is -0.468 e. The van der Waals surface area contributed by atoms with Crippen molar-refractivity contribution in [3.63, 3.8) is 0 Å². The number of carbonyl (C=O) groups excluding carboxylic acids is 2. The summed E-state index contributed by atoms with van der Waals surface area (Å²) in [6.07, 6.45) is 2.98. The third kappa shape index (κ3) is 3.88. The number of hydrogen-bond acceptors (Lipinski definition) is 4. The molecule has 0 aliphatic carbocycles. The second-order valence-corrected chi connectivity index (χ2v) is 2.30. The van der Waals surface area contributed by atoms with Crippen LogP contribution in [-0.4, -0.2) is 24.9 Å². The highest BCUT2D eigenvalue weighted by atomic mass is 16.5. The van der Waals surface area contributed by atoms with E-state index in [2.05, 4.69) is 4.74 Å². The monoisotopic (exact) mass is 171 g/mol. The van der Waals surface area contributed by atoms with Crippen LogP contribution in [0.1, 0.15) is 13.3 Å². The zero-order valence-electron chi connectivity index (χ0n) is 7.24. The molecule has 0 saturated heterocycles. The van der Waals surface area contributed by atoms with E-state index in [1.54, 1.807) is 13.0 Å². The van der Waals surface area contributed by atoms with Crippen LogP contribution in [0.25, 0.3) is 0 Å². The summed E-state index contributed by atoms with van der Waals surface area (Å²) in [7, 11) is 1.24. The molecule has 0 aliphatic rings. The van der Waals surface area contributed by atoms with Crippen molar-refractivity contribution in [1.82, 2.24) is 0 Å². The fourth-order valence-electron chi connectivity index (χ4n) is 0.705. The summed E-state index contributed by atoms with van der Waals surface area (Å²) < 4.78 is 4.35. The Hall–Kier alpha value is -1.16. The molecule has 68 valence electrons. The number of allylic oxidation sites excluding steroid dienone is 2. The van der Waals surface area contributed by atoms with Gasteiger partial charge in [0.15, 0.2) is 5.78 Å². The maximum Gasteiger partial charge on any atom is 0.323 e. The minimum absolute atomic E-state index is 0.00296. The van der Waals surface area contributed by atoms with Gasteiger partial charge < -0.3 is 10.5 Å². The average Bonchev–Trinajstić information content (AvgIpc) is 2.03. The Bertz CT molecular complexity index is 198. The maximum absolute atomic E-state index is 10.9. The van der Waals surface area contributed by atoms with Crippen molar-refractivity contribution < 1.29 is 14.3 Å². The van der Waals surface area contributed by atoms with Gasteiger partial charge in [-0.2, -0.15) is 0 Å². The smallest absolute Gasteiger partial charge is 0.323 e. The fraction of sp³-hybridized carbons (Fsp3) is 0.500. The van der Waals surface area contributed by atoms with Gasteiger partial charge in [0.1, 0.15) is 6.04 Å². The summed E-state index contributed by atoms with van der Waals surface area (Å²) in [5, 5.41) is 0. The average molecular weight is 171 g/mol. The molecule has 4 nitrogen and oxygen atoms in total. The summed E-state index contributed by atoms with van der Waals surface area (Å²) in [5.41, 5.74) is 5.33. The van der Waals surface area contributed by atoms with Gasteiger partial charge in [-0.05, 0) is 13.0 Å². The van der Waals surface area contributed by atoms with Crippen LogP contribution in [0, 0.1) is 0 Å². The van der Waals surface area contributed by atoms with Gasteiger partial charge in [0.2, 0.25) is 0 Å². The zero-order valence-corrected chi connectivity index (χ0v) is 7.24. The van der Waals surface area contributed by atoms with Gasteiger partial charge in [-0.15, -0.1) is 0 Å². The fourth-order valence-corrected chi connectivity index (χ4v) is 0.705. The molecule has 1 unspecified atom stereocenters. The van der Waals surface area contributed by atoms with Gasteiger partial charge in [0.05, 0.1) is 7.11 Å². The number of hydrogen-bond donors (Lipinski definition) is 1. The molecular formula is C8H13NO3. The van der Waals surface area contributed by atoms with E-state index in [0.717, 1.165) is 0 Å². The van der Waals surface area contributed by atoms with E-state index in [1.165, 1.54) is 13.2 Å². The van der Waals surface area contributed by atoms with Gasteiger partial charge in [-0.25, -0.2) is 0 Å². The molecule has 0 aliphatic heterocycles. The molecule has 4 heteroatoms. The summed E-state index contributed by atoms with van der Waals surface area (Å²) >= 11 is 0. The molecule has 12 heavy (non-hydrogen) atoms. The Morgan fingerprint density at radius 3 is 2.58 bits per heavy atom. The van der Waals surface area contributed by atoms with Crippen LogP contribution in [0.2, 0.25) is 0 Å². The van der Waals surface area contributed by atoms with Crippen molar-refractivity contribution in [2.24, 2.45) is 5.73 Å². The number of rotatable bonds is 4. The first-order valence-corrected chi connectivity index (χ1v) is 3.60. The number of methoxy groups -OCH3 is 1. The summed E-state index contributed by atoms with van der Waals surface area (Å²) in [6, 6.07) is -0.848. The lowest BCUT2D eigenvalue weighted by Gasteiger charge is -2.05. The molecule has 0 saturated carbocycles. The first kappa shape index (κ1) is 10.8. The lowest BCUT2D eigenvalue weighted by Crippen LogP contribution is -2.33. The van der Waals surface area contributed by atoms with Gasteiger partial charge >= 0.3 is 5.97 Å².